The topological polar surface area (TPSA) is 3.24 Å². The van der Waals surface area contributed by atoms with Crippen molar-refractivity contribution in [2.45, 2.75) is 20.3 Å². The van der Waals surface area contributed by atoms with Crippen molar-refractivity contribution in [1.29, 1.82) is 0 Å². The van der Waals surface area contributed by atoms with Crippen LogP contribution in [0.5, 0.6) is 0 Å². The van der Waals surface area contributed by atoms with Gasteiger partial charge in [0.1, 0.15) is 0 Å². The van der Waals surface area contributed by atoms with Gasteiger partial charge in [-0.05, 0) is 42.2 Å². The Morgan fingerprint density at radius 2 is 1.26 bits per heavy atom. The first-order chi connectivity index (χ1) is 11.3. The first kappa shape index (κ1) is 14.1. The standard InChI is InChI=1S/C22H21N/c1-3-16-13-14-17-18-9-5-7-11-21(18)23(4-2)22-12-8-6-10-19(22)20(17)15-16/h5-15H,3-4H2,1-2H3. The fourth-order valence-electron chi connectivity index (χ4n) is 3.61. The molecule has 0 amide bonds. The highest BCUT2D eigenvalue weighted by molar-refractivity contribution is 5.99. The molecule has 0 bridgehead atoms. The van der Waals surface area contributed by atoms with Crippen LogP contribution in [-0.2, 0) is 6.42 Å². The molecular weight excluding hydrogens is 278 g/mol. The minimum absolute atomic E-state index is 0.961. The zero-order chi connectivity index (χ0) is 15.8. The van der Waals surface area contributed by atoms with Crippen molar-refractivity contribution < 1.29 is 0 Å². The molecule has 1 aliphatic rings. The highest BCUT2D eigenvalue weighted by Gasteiger charge is 2.23. The number of hydrogen-bond donors (Lipinski definition) is 0. The SMILES string of the molecule is CCc1ccc2c(c1)-c1ccccc1N(CC)c1ccccc1-2. The fraction of sp³-hybridized carbons (Fsp3) is 0.182. The number of benzene rings is 3. The van der Waals surface area contributed by atoms with Crippen molar-refractivity contribution in [3.8, 4) is 22.3 Å². The van der Waals surface area contributed by atoms with Gasteiger partial charge in [0.25, 0.3) is 0 Å². The van der Waals surface area contributed by atoms with E-state index in [0.717, 1.165) is 13.0 Å². The molecule has 3 aromatic carbocycles. The average Bonchev–Trinajstić information content (AvgIpc) is 2.74. The third-order valence-electron chi connectivity index (χ3n) is 4.78. The molecule has 0 spiro atoms. The quantitative estimate of drug-likeness (QED) is 0.556. The summed E-state index contributed by atoms with van der Waals surface area (Å²) >= 11 is 0. The van der Waals surface area contributed by atoms with E-state index in [0.29, 0.717) is 0 Å². The summed E-state index contributed by atoms with van der Waals surface area (Å²) in [5.41, 5.74) is 9.32. The summed E-state index contributed by atoms with van der Waals surface area (Å²) < 4.78 is 0. The maximum absolute atomic E-state index is 2.43. The highest BCUT2D eigenvalue weighted by atomic mass is 15.1. The van der Waals surface area contributed by atoms with Crippen molar-refractivity contribution in [2.75, 3.05) is 11.4 Å². The van der Waals surface area contributed by atoms with Crippen LogP contribution in [0.2, 0.25) is 0 Å². The first-order valence-electron chi connectivity index (χ1n) is 8.42. The number of anilines is 2. The van der Waals surface area contributed by atoms with E-state index in [1.54, 1.807) is 0 Å². The van der Waals surface area contributed by atoms with Crippen molar-refractivity contribution in [3.63, 3.8) is 0 Å². The summed E-state index contributed by atoms with van der Waals surface area (Å²) in [7, 11) is 0. The average molecular weight is 299 g/mol. The van der Waals surface area contributed by atoms with Gasteiger partial charge in [0, 0.05) is 29.0 Å². The normalized spacial score (nSPS) is 12.2. The number of para-hydroxylation sites is 2. The molecule has 3 aromatic rings. The highest BCUT2D eigenvalue weighted by Crippen LogP contribution is 2.47. The summed E-state index contributed by atoms with van der Waals surface area (Å²) in [5, 5.41) is 0. The Bertz CT molecular complexity index is 863. The monoisotopic (exact) mass is 299 g/mol. The molecule has 4 rings (SSSR count). The molecular formula is C22H21N. The van der Waals surface area contributed by atoms with Gasteiger partial charge in [-0.3, -0.25) is 0 Å². The maximum Gasteiger partial charge on any atom is 0.0490 e. The molecule has 0 aromatic heterocycles. The van der Waals surface area contributed by atoms with Crippen LogP contribution in [0.4, 0.5) is 11.4 Å². The zero-order valence-electron chi connectivity index (χ0n) is 13.7. The Morgan fingerprint density at radius 3 is 1.87 bits per heavy atom. The van der Waals surface area contributed by atoms with E-state index in [1.807, 2.05) is 0 Å². The molecule has 23 heavy (non-hydrogen) atoms. The predicted molar refractivity (Wildman–Crippen MR) is 99.4 cm³/mol. The van der Waals surface area contributed by atoms with Gasteiger partial charge in [-0.1, -0.05) is 61.5 Å². The third-order valence-corrected chi connectivity index (χ3v) is 4.78. The van der Waals surface area contributed by atoms with E-state index in [-0.39, 0.29) is 0 Å². The minimum atomic E-state index is 0.961. The lowest BCUT2D eigenvalue weighted by Crippen LogP contribution is -2.16. The van der Waals surface area contributed by atoms with Crippen LogP contribution in [0, 0.1) is 0 Å². The second-order valence-corrected chi connectivity index (χ2v) is 6.01. The van der Waals surface area contributed by atoms with Crippen LogP contribution in [0.25, 0.3) is 22.3 Å². The van der Waals surface area contributed by atoms with Crippen LogP contribution in [0.1, 0.15) is 19.4 Å². The van der Waals surface area contributed by atoms with Gasteiger partial charge < -0.3 is 4.90 Å². The second kappa shape index (κ2) is 5.58. The Kier molecular flexibility index (Phi) is 3.42. The van der Waals surface area contributed by atoms with E-state index in [4.69, 9.17) is 0 Å². The van der Waals surface area contributed by atoms with Gasteiger partial charge >= 0.3 is 0 Å². The summed E-state index contributed by atoms with van der Waals surface area (Å²) in [6, 6.07) is 24.4. The molecule has 0 radical (unpaired) electrons. The number of fused-ring (bicyclic) bond motifs is 5. The van der Waals surface area contributed by atoms with E-state index in [2.05, 4.69) is 85.5 Å². The van der Waals surface area contributed by atoms with Gasteiger partial charge in [-0.15, -0.1) is 0 Å². The zero-order valence-corrected chi connectivity index (χ0v) is 13.7. The predicted octanol–water partition coefficient (Wildman–Crippen LogP) is 6.05. The number of hydrogen-bond acceptors (Lipinski definition) is 1. The largest absolute Gasteiger partial charge is 0.341 e. The lowest BCUT2D eigenvalue weighted by Gasteiger charge is -2.25. The minimum Gasteiger partial charge on any atom is -0.341 e. The number of rotatable bonds is 2. The van der Waals surface area contributed by atoms with Gasteiger partial charge in [0.2, 0.25) is 0 Å². The van der Waals surface area contributed by atoms with Crippen LogP contribution >= 0.6 is 0 Å². The molecule has 0 saturated carbocycles. The molecule has 1 heterocycles. The Hall–Kier alpha value is -2.54. The summed E-state index contributed by atoms with van der Waals surface area (Å²) in [6.45, 7) is 5.40. The van der Waals surface area contributed by atoms with Crippen molar-refractivity contribution in [1.82, 2.24) is 0 Å². The third kappa shape index (κ3) is 2.16. The summed E-state index contributed by atoms with van der Waals surface area (Å²) in [6.07, 6.45) is 1.06. The van der Waals surface area contributed by atoms with Crippen molar-refractivity contribution in [2.24, 2.45) is 0 Å². The van der Waals surface area contributed by atoms with Crippen molar-refractivity contribution >= 4 is 11.4 Å². The lowest BCUT2D eigenvalue weighted by atomic mass is 9.92. The molecule has 0 atom stereocenters. The van der Waals surface area contributed by atoms with Gasteiger partial charge in [-0.2, -0.15) is 0 Å². The van der Waals surface area contributed by atoms with Crippen LogP contribution in [0.3, 0.4) is 0 Å². The van der Waals surface area contributed by atoms with Crippen LogP contribution in [0.15, 0.2) is 66.7 Å². The number of aryl methyl sites for hydroxylation is 1. The first-order valence-corrected chi connectivity index (χ1v) is 8.42. The van der Waals surface area contributed by atoms with Crippen LogP contribution < -0.4 is 4.90 Å². The van der Waals surface area contributed by atoms with Gasteiger partial charge in [0.15, 0.2) is 0 Å². The lowest BCUT2D eigenvalue weighted by molar-refractivity contribution is 1.03. The fourth-order valence-corrected chi connectivity index (χ4v) is 3.61. The molecule has 1 heteroatoms. The molecule has 114 valence electrons. The molecule has 1 nitrogen and oxygen atoms in total. The van der Waals surface area contributed by atoms with E-state index in [1.165, 1.54) is 39.2 Å². The molecule has 0 fully saturated rings. The molecule has 0 saturated heterocycles. The van der Waals surface area contributed by atoms with E-state index in [9.17, 15) is 0 Å². The van der Waals surface area contributed by atoms with Crippen molar-refractivity contribution in [3.05, 3.63) is 72.3 Å². The van der Waals surface area contributed by atoms with Gasteiger partial charge in [0.05, 0.1) is 0 Å². The number of nitrogens with zero attached hydrogens (tertiary/aromatic N) is 1. The Morgan fingerprint density at radius 1 is 0.652 bits per heavy atom. The van der Waals surface area contributed by atoms with E-state index < -0.39 is 0 Å². The summed E-state index contributed by atoms with van der Waals surface area (Å²) in [5.74, 6) is 0. The second-order valence-electron chi connectivity index (χ2n) is 6.01. The molecule has 0 aliphatic carbocycles. The maximum atomic E-state index is 2.43. The smallest absolute Gasteiger partial charge is 0.0490 e. The van der Waals surface area contributed by atoms with Crippen LogP contribution in [-0.4, -0.2) is 6.54 Å². The Balaban J connectivity index is 2.12. The van der Waals surface area contributed by atoms with Gasteiger partial charge in [-0.25, -0.2) is 0 Å². The Labute approximate surface area is 138 Å². The molecule has 1 aliphatic heterocycles. The van der Waals surface area contributed by atoms with E-state index >= 15 is 0 Å². The summed E-state index contributed by atoms with van der Waals surface area (Å²) in [4.78, 5) is 2.43. The molecule has 0 N–H and O–H groups in total. The molecule has 0 unspecified atom stereocenters.